The third-order valence-electron chi connectivity index (χ3n) is 5.47. The fourth-order valence-electron chi connectivity index (χ4n) is 3.82. The first-order valence-electron chi connectivity index (χ1n) is 10.7. The molecule has 2 fully saturated rings. The van der Waals surface area contributed by atoms with Crippen molar-refractivity contribution < 1.29 is 28.8 Å². The predicted octanol–water partition coefficient (Wildman–Crippen LogP) is 0.785. The molecule has 11 nitrogen and oxygen atoms in total. The van der Waals surface area contributed by atoms with Gasteiger partial charge in [-0.2, -0.15) is 5.06 Å². The number of amides is 4. The Bertz CT molecular complexity index is 850. The fraction of sp³-hybridized carbons (Fsp3) is 0.571. The van der Waals surface area contributed by atoms with Gasteiger partial charge >= 0.3 is 6.09 Å². The van der Waals surface area contributed by atoms with Crippen LogP contribution in [-0.4, -0.2) is 75.1 Å². The molecule has 0 saturated carbocycles. The SMILES string of the molecule is CCCCOC(=O)N1O[C@@H](C)C(=O)N2[C@@H]1CN(Cc1ccncc1)C(=O)[C@@H]2CCC(N)=O. The zero-order valence-electron chi connectivity index (χ0n) is 18.3. The number of fused-ring (bicyclic) bond motifs is 1. The monoisotopic (exact) mass is 447 g/mol. The van der Waals surface area contributed by atoms with E-state index in [0.29, 0.717) is 6.42 Å². The molecule has 32 heavy (non-hydrogen) atoms. The number of pyridine rings is 1. The van der Waals surface area contributed by atoms with Gasteiger partial charge in [-0.15, -0.1) is 0 Å². The van der Waals surface area contributed by atoms with Crippen LogP contribution in [0.3, 0.4) is 0 Å². The van der Waals surface area contributed by atoms with Gasteiger partial charge in [0, 0.05) is 25.4 Å². The van der Waals surface area contributed by atoms with E-state index in [9.17, 15) is 19.2 Å². The minimum atomic E-state index is -0.986. The molecule has 174 valence electrons. The van der Waals surface area contributed by atoms with E-state index in [4.69, 9.17) is 15.3 Å². The minimum absolute atomic E-state index is 0.0373. The highest BCUT2D eigenvalue weighted by Crippen LogP contribution is 2.30. The number of rotatable bonds is 8. The lowest BCUT2D eigenvalue weighted by Crippen LogP contribution is -2.73. The summed E-state index contributed by atoms with van der Waals surface area (Å²) in [5.74, 6) is -1.33. The normalized spacial score (nSPS) is 23.2. The summed E-state index contributed by atoms with van der Waals surface area (Å²) in [6.07, 6.45) is 2.16. The molecule has 0 radical (unpaired) electrons. The van der Waals surface area contributed by atoms with E-state index in [0.717, 1.165) is 17.0 Å². The van der Waals surface area contributed by atoms with Gasteiger partial charge < -0.3 is 20.3 Å². The molecular weight excluding hydrogens is 418 g/mol. The van der Waals surface area contributed by atoms with Gasteiger partial charge in [-0.25, -0.2) is 4.79 Å². The van der Waals surface area contributed by atoms with Crippen LogP contribution in [0.2, 0.25) is 0 Å². The van der Waals surface area contributed by atoms with Gasteiger partial charge in [0.1, 0.15) is 6.04 Å². The molecule has 4 amide bonds. The van der Waals surface area contributed by atoms with E-state index >= 15 is 0 Å². The Balaban J connectivity index is 1.90. The van der Waals surface area contributed by atoms with Gasteiger partial charge in [0.25, 0.3) is 5.91 Å². The number of piperazine rings is 1. The van der Waals surface area contributed by atoms with E-state index in [1.165, 1.54) is 11.8 Å². The van der Waals surface area contributed by atoms with E-state index < -0.39 is 36.2 Å². The molecule has 0 aliphatic carbocycles. The lowest BCUT2D eigenvalue weighted by atomic mass is 10.0. The van der Waals surface area contributed by atoms with Crippen molar-refractivity contribution in [1.29, 1.82) is 0 Å². The Morgan fingerprint density at radius 2 is 1.97 bits per heavy atom. The number of nitrogens with two attached hydrogens (primary N) is 1. The molecule has 3 heterocycles. The summed E-state index contributed by atoms with van der Waals surface area (Å²) >= 11 is 0. The van der Waals surface area contributed by atoms with E-state index in [1.807, 2.05) is 6.92 Å². The highest BCUT2D eigenvalue weighted by molar-refractivity contribution is 5.92. The van der Waals surface area contributed by atoms with Crippen LogP contribution in [0.1, 0.15) is 45.1 Å². The number of unbranched alkanes of at least 4 members (excludes halogenated alkanes) is 1. The molecule has 0 bridgehead atoms. The number of hydrogen-bond acceptors (Lipinski definition) is 7. The standard InChI is InChI=1S/C21H29N5O6/c1-3-4-11-31-21(30)26-18-13-24(12-15-7-9-23-10-8-15)20(29)16(5-6-17(22)27)25(18)19(28)14(2)32-26/h7-10,14,16,18H,3-6,11-13H2,1-2H3,(H2,22,27)/t14-,16-,18-/m0/s1. The maximum absolute atomic E-state index is 13.3. The van der Waals surface area contributed by atoms with Crippen molar-refractivity contribution in [3.63, 3.8) is 0 Å². The average Bonchev–Trinajstić information content (AvgIpc) is 2.77. The maximum Gasteiger partial charge on any atom is 0.436 e. The lowest BCUT2D eigenvalue weighted by Gasteiger charge is -2.52. The van der Waals surface area contributed by atoms with E-state index in [2.05, 4.69) is 4.98 Å². The van der Waals surface area contributed by atoms with Crippen LogP contribution in [0.15, 0.2) is 24.5 Å². The van der Waals surface area contributed by atoms with Gasteiger partial charge in [-0.3, -0.25) is 24.2 Å². The Morgan fingerprint density at radius 3 is 2.62 bits per heavy atom. The molecule has 3 atom stereocenters. The van der Waals surface area contributed by atoms with Gasteiger partial charge in [-0.1, -0.05) is 13.3 Å². The molecule has 0 unspecified atom stereocenters. The Morgan fingerprint density at radius 1 is 1.25 bits per heavy atom. The van der Waals surface area contributed by atoms with Crippen LogP contribution in [0, 0.1) is 0 Å². The number of nitrogens with zero attached hydrogens (tertiary/aromatic N) is 4. The van der Waals surface area contributed by atoms with Gasteiger partial charge in [0.05, 0.1) is 13.2 Å². The number of aromatic nitrogens is 1. The molecule has 2 N–H and O–H groups in total. The highest BCUT2D eigenvalue weighted by Gasteiger charge is 2.52. The first-order valence-corrected chi connectivity index (χ1v) is 10.7. The fourth-order valence-corrected chi connectivity index (χ4v) is 3.82. The van der Waals surface area contributed by atoms with Gasteiger partial charge in [0.2, 0.25) is 11.8 Å². The summed E-state index contributed by atoms with van der Waals surface area (Å²) < 4.78 is 5.31. The molecule has 1 aromatic rings. The Labute approximate surface area is 186 Å². The Kier molecular flexibility index (Phi) is 7.62. The topological polar surface area (TPSA) is 135 Å². The third-order valence-corrected chi connectivity index (χ3v) is 5.47. The molecule has 2 saturated heterocycles. The van der Waals surface area contributed by atoms with Crippen molar-refractivity contribution >= 4 is 23.8 Å². The summed E-state index contributed by atoms with van der Waals surface area (Å²) in [4.78, 5) is 62.9. The van der Waals surface area contributed by atoms with Gasteiger partial charge in [0.15, 0.2) is 12.3 Å². The summed E-state index contributed by atoms with van der Waals surface area (Å²) in [5.41, 5.74) is 6.14. The largest absolute Gasteiger partial charge is 0.448 e. The van der Waals surface area contributed by atoms with Crippen molar-refractivity contribution in [2.45, 2.75) is 64.4 Å². The van der Waals surface area contributed by atoms with Crippen molar-refractivity contribution in [2.75, 3.05) is 13.2 Å². The molecular formula is C21H29N5O6. The first-order chi connectivity index (χ1) is 15.3. The number of primary amides is 1. The molecule has 1 aromatic heterocycles. The lowest BCUT2D eigenvalue weighted by molar-refractivity contribution is -0.264. The van der Waals surface area contributed by atoms with Crippen LogP contribution in [-0.2, 0) is 30.5 Å². The highest BCUT2D eigenvalue weighted by atomic mass is 16.7. The first kappa shape index (κ1) is 23.5. The van der Waals surface area contributed by atoms with E-state index in [1.54, 1.807) is 29.4 Å². The smallest absolute Gasteiger partial charge is 0.436 e. The summed E-state index contributed by atoms with van der Waals surface area (Å²) in [6.45, 7) is 3.98. The van der Waals surface area contributed by atoms with Crippen molar-refractivity contribution in [1.82, 2.24) is 19.8 Å². The van der Waals surface area contributed by atoms with Crippen LogP contribution in [0.25, 0.3) is 0 Å². The summed E-state index contributed by atoms with van der Waals surface area (Å²) in [7, 11) is 0. The number of carbonyl (C=O) groups is 4. The second-order valence-electron chi connectivity index (χ2n) is 7.86. The molecule has 3 rings (SSSR count). The quantitative estimate of drug-likeness (QED) is 0.582. The van der Waals surface area contributed by atoms with Crippen molar-refractivity contribution in [2.24, 2.45) is 5.73 Å². The number of hydrogen-bond donors (Lipinski definition) is 1. The van der Waals surface area contributed by atoms with Crippen LogP contribution < -0.4 is 5.73 Å². The number of carbonyl (C=O) groups excluding carboxylic acids is 4. The predicted molar refractivity (Wildman–Crippen MR) is 111 cm³/mol. The number of hydroxylamine groups is 2. The maximum atomic E-state index is 13.3. The zero-order chi connectivity index (χ0) is 23.3. The van der Waals surface area contributed by atoms with Gasteiger partial charge in [-0.05, 0) is 37.5 Å². The van der Waals surface area contributed by atoms with Crippen LogP contribution in [0.5, 0.6) is 0 Å². The summed E-state index contributed by atoms with van der Waals surface area (Å²) in [6, 6.07) is 2.60. The second kappa shape index (κ2) is 10.4. The molecule has 2 aliphatic rings. The molecule has 0 spiro atoms. The minimum Gasteiger partial charge on any atom is -0.448 e. The second-order valence-corrected chi connectivity index (χ2v) is 7.86. The van der Waals surface area contributed by atoms with E-state index in [-0.39, 0.29) is 38.4 Å². The van der Waals surface area contributed by atoms with Crippen molar-refractivity contribution in [3.05, 3.63) is 30.1 Å². The average molecular weight is 447 g/mol. The number of ether oxygens (including phenoxy) is 1. The van der Waals surface area contributed by atoms with Crippen LogP contribution >= 0.6 is 0 Å². The zero-order valence-corrected chi connectivity index (χ0v) is 18.3. The Hall–Kier alpha value is -3.21. The molecule has 11 heteroatoms. The third kappa shape index (κ3) is 5.16. The van der Waals surface area contributed by atoms with Crippen LogP contribution in [0.4, 0.5) is 4.79 Å². The van der Waals surface area contributed by atoms with Crippen molar-refractivity contribution in [3.8, 4) is 0 Å². The molecule has 0 aromatic carbocycles. The molecule has 2 aliphatic heterocycles. The summed E-state index contributed by atoms with van der Waals surface area (Å²) in [5, 5.41) is 1.03.